The summed E-state index contributed by atoms with van der Waals surface area (Å²) in [6, 6.07) is 8.40. The Morgan fingerprint density at radius 3 is 3.00 bits per heavy atom. The molecule has 0 spiro atoms. The van der Waals surface area contributed by atoms with Gasteiger partial charge in [0, 0.05) is 11.5 Å². The Balaban J connectivity index is 1.96. The summed E-state index contributed by atoms with van der Waals surface area (Å²) in [7, 11) is 2.17. The van der Waals surface area contributed by atoms with Crippen molar-refractivity contribution >= 4 is 0 Å². The second-order valence-electron chi connectivity index (χ2n) is 4.23. The molecule has 0 bridgehead atoms. The van der Waals surface area contributed by atoms with E-state index in [0.717, 1.165) is 25.4 Å². The number of ether oxygens (including phenoxy) is 1. The average Bonchev–Trinajstić information content (AvgIpc) is 2.69. The summed E-state index contributed by atoms with van der Waals surface area (Å²) in [5.74, 6) is 1.68. The molecule has 0 radical (unpaired) electrons. The molecule has 1 heterocycles. The first-order valence-corrected chi connectivity index (χ1v) is 5.71. The summed E-state index contributed by atoms with van der Waals surface area (Å²) in [4.78, 5) is 2.35. The predicted octanol–water partition coefficient (Wildman–Crippen LogP) is 2.50. The highest BCUT2D eigenvalue weighted by atomic mass is 16.5. The summed E-state index contributed by atoms with van der Waals surface area (Å²) in [6.45, 7) is 5.32. The number of nitrogens with zero attached hydrogens (tertiary/aromatic N) is 1. The Morgan fingerprint density at radius 2 is 2.20 bits per heavy atom. The van der Waals surface area contributed by atoms with Crippen LogP contribution in [0.15, 0.2) is 24.3 Å². The number of para-hydroxylation sites is 1. The Labute approximate surface area is 91.9 Å². The monoisotopic (exact) mass is 205 g/mol. The fourth-order valence-electron chi connectivity index (χ4n) is 2.00. The molecular formula is C13H19NO. The van der Waals surface area contributed by atoms with Crippen molar-refractivity contribution < 1.29 is 4.74 Å². The molecule has 2 nitrogen and oxygen atoms in total. The lowest BCUT2D eigenvalue weighted by molar-refractivity contribution is 0.292. The van der Waals surface area contributed by atoms with Gasteiger partial charge in [-0.15, -0.1) is 0 Å². The Kier molecular flexibility index (Phi) is 3.27. The smallest absolute Gasteiger partial charge is 0.122 e. The molecule has 0 saturated carbocycles. The van der Waals surface area contributed by atoms with E-state index in [2.05, 4.69) is 37.1 Å². The summed E-state index contributed by atoms with van der Waals surface area (Å²) >= 11 is 0. The van der Waals surface area contributed by atoms with Gasteiger partial charge >= 0.3 is 0 Å². The van der Waals surface area contributed by atoms with E-state index >= 15 is 0 Å². The van der Waals surface area contributed by atoms with Crippen LogP contribution >= 0.6 is 0 Å². The summed E-state index contributed by atoms with van der Waals surface area (Å²) < 4.78 is 5.66. The summed E-state index contributed by atoms with van der Waals surface area (Å²) in [6.07, 6.45) is 1.20. The van der Waals surface area contributed by atoms with Crippen LogP contribution in [0.5, 0.6) is 5.75 Å². The zero-order chi connectivity index (χ0) is 10.7. The predicted molar refractivity (Wildman–Crippen MR) is 62.5 cm³/mol. The molecule has 2 rings (SSSR count). The van der Waals surface area contributed by atoms with Gasteiger partial charge in [0.25, 0.3) is 0 Å². The van der Waals surface area contributed by atoms with Crippen molar-refractivity contribution in [1.82, 2.24) is 4.90 Å². The molecule has 82 valence electrons. The van der Waals surface area contributed by atoms with E-state index in [1.165, 1.54) is 12.0 Å². The van der Waals surface area contributed by atoms with E-state index in [1.807, 2.05) is 6.07 Å². The van der Waals surface area contributed by atoms with Gasteiger partial charge in [-0.05, 0) is 32.6 Å². The Hall–Kier alpha value is -1.02. The lowest BCUT2D eigenvalue weighted by Crippen LogP contribution is -2.21. The maximum atomic E-state index is 5.66. The van der Waals surface area contributed by atoms with E-state index in [9.17, 15) is 0 Å². The molecule has 0 amide bonds. The first-order valence-electron chi connectivity index (χ1n) is 5.71. The zero-order valence-electron chi connectivity index (χ0n) is 9.57. The zero-order valence-corrected chi connectivity index (χ0v) is 9.57. The summed E-state index contributed by atoms with van der Waals surface area (Å²) in [5, 5.41) is 0. The van der Waals surface area contributed by atoms with Crippen molar-refractivity contribution in [3.63, 3.8) is 0 Å². The maximum Gasteiger partial charge on any atom is 0.122 e. The molecular weight excluding hydrogens is 186 g/mol. The molecule has 1 aromatic rings. The molecule has 0 fully saturated rings. The van der Waals surface area contributed by atoms with Crippen LogP contribution in [-0.2, 0) is 0 Å². The highest BCUT2D eigenvalue weighted by Crippen LogP contribution is 2.35. The van der Waals surface area contributed by atoms with Crippen molar-refractivity contribution in [3.05, 3.63) is 29.8 Å². The lowest BCUT2D eigenvalue weighted by atomic mass is 9.98. The minimum atomic E-state index is 0.593. The van der Waals surface area contributed by atoms with Crippen molar-refractivity contribution in [2.24, 2.45) is 0 Å². The molecule has 0 N–H and O–H groups in total. The van der Waals surface area contributed by atoms with Crippen molar-refractivity contribution in [2.45, 2.75) is 19.3 Å². The van der Waals surface area contributed by atoms with Crippen molar-refractivity contribution in [3.8, 4) is 5.75 Å². The van der Waals surface area contributed by atoms with Gasteiger partial charge < -0.3 is 9.64 Å². The first-order chi connectivity index (χ1) is 7.31. The van der Waals surface area contributed by atoms with Crippen molar-refractivity contribution in [1.29, 1.82) is 0 Å². The quantitative estimate of drug-likeness (QED) is 0.749. The van der Waals surface area contributed by atoms with Gasteiger partial charge in [0.15, 0.2) is 0 Å². The molecule has 0 saturated heterocycles. The fourth-order valence-corrected chi connectivity index (χ4v) is 2.00. The van der Waals surface area contributed by atoms with Gasteiger partial charge in [0.1, 0.15) is 5.75 Å². The molecule has 1 aliphatic rings. The topological polar surface area (TPSA) is 12.5 Å². The SMILES string of the molecule is CCN(C)CCC1COc2ccccc21. The third-order valence-corrected chi connectivity index (χ3v) is 3.20. The largest absolute Gasteiger partial charge is 0.493 e. The number of benzene rings is 1. The van der Waals surface area contributed by atoms with Crippen LogP contribution in [0.1, 0.15) is 24.8 Å². The van der Waals surface area contributed by atoms with Crippen LogP contribution in [-0.4, -0.2) is 31.6 Å². The molecule has 0 aliphatic carbocycles. The molecule has 1 aromatic carbocycles. The number of fused-ring (bicyclic) bond motifs is 1. The number of rotatable bonds is 4. The average molecular weight is 205 g/mol. The highest BCUT2D eigenvalue weighted by Gasteiger charge is 2.23. The second-order valence-corrected chi connectivity index (χ2v) is 4.23. The summed E-state index contributed by atoms with van der Waals surface area (Å²) in [5.41, 5.74) is 1.39. The van der Waals surface area contributed by atoms with Gasteiger partial charge in [0.05, 0.1) is 6.61 Å². The third kappa shape index (κ3) is 2.32. The second kappa shape index (κ2) is 4.67. The van der Waals surface area contributed by atoms with Crippen LogP contribution in [0.3, 0.4) is 0 Å². The van der Waals surface area contributed by atoms with Gasteiger partial charge in [0.2, 0.25) is 0 Å². The maximum absolute atomic E-state index is 5.66. The number of hydrogen-bond acceptors (Lipinski definition) is 2. The third-order valence-electron chi connectivity index (χ3n) is 3.20. The van der Waals surface area contributed by atoms with Gasteiger partial charge in [-0.3, -0.25) is 0 Å². The molecule has 1 unspecified atom stereocenters. The Bertz CT molecular complexity index is 324. The molecule has 15 heavy (non-hydrogen) atoms. The number of hydrogen-bond donors (Lipinski definition) is 0. The van der Waals surface area contributed by atoms with Gasteiger partial charge in [-0.2, -0.15) is 0 Å². The van der Waals surface area contributed by atoms with E-state index in [0.29, 0.717) is 5.92 Å². The van der Waals surface area contributed by atoms with E-state index in [4.69, 9.17) is 4.74 Å². The first kappa shape index (κ1) is 10.5. The minimum Gasteiger partial charge on any atom is -0.493 e. The highest BCUT2D eigenvalue weighted by molar-refractivity contribution is 5.39. The fraction of sp³-hybridized carbons (Fsp3) is 0.538. The van der Waals surface area contributed by atoms with Gasteiger partial charge in [-0.1, -0.05) is 25.1 Å². The normalized spacial score (nSPS) is 19.0. The van der Waals surface area contributed by atoms with Crippen LogP contribution in [0, 0.1) is 0 Å². The Morgan fingerprint density at radius 1 is 1.40 bits per heavy atom. The van der Waals surface area contributed by atoms with E-state index in [1.54, 1.807) is 0 Å². The minimum absolute atomic E-state index is 0.593. The van der Waals surface area contributed by atoms with Crippen LogP contribution in [0.4, 0.5) is 0 Å². The van der Waals surface area contributed by atoms with Crippen LogP contribution in [0.2, 0.25) is 0 Å². The van der Waals surface area contributed by atoms with E-state index in [-0.39, 0.29) is 0 Å². The molecule has 0 aromatic heterocycles. The van der Waals surface area contributed by atoms with E-state index < -0.39 is 0 Å². The molecule has 2 heteroatoms. The standard InChI is InChI=1S/C13H19NO/c1-3-14(2)9-8-11-10-15-13-7-5-4-6-12(11)13/h4-7,11H,3,8-10H2,1-2H3. The molecule has 1 atom stereocenters. The molecule has 1 aliphatic heterocycles. The lowest BCUT2D eigenvalue weighted by Gasteiger charge is -2.16. The van der Waals surface area contributed by atoms with Crippen LogP contribution in [0.25, 0.3) is 0 Å². The van der Waals surface area contributed by atoms with Crippen molar-refractivity contribution in [2.75, 3.05) is 26.7 Å². The van der Waals surface area contributed by atoms with Crippen LogP contribution < -0.4 is 4.74 Å². The van der Waals surface area contributed by atoms with Gasteiger partial charge in [-0.25, -0.2) is 0 Å².